The van der Waals surface area contributed by atoms with Crippen molar-refractivity contribution in [2.45, 2.75) is 104 Å². The molecular weight excluding hydrogens is 685 g/mol. The number of carbonyl (C=O) groups is 5. The predicted octanol–water partition coefficient (Wildman–Crippen LogP) is 4.85. The van der Waals surface area contributed by atoms with Gasteiger partial charge in [0.1, 0.15) is 10.7 Å². The van der Waals surface area contributed by atoms with Crippen LogP contribution in [0.5, 0.6) is 0 Å². The van der Waals surface area contributed by atoms with Crippen molar-refractivity contribution in [2.75, 3.05) is 34.4 Å². The van der Waals surface area contributed by atoms with E-state index < -0.39 is 48.4 Å². The normalized spacial score (nSPS) is 17.9. The standard InChI is InChI=1S/C39H58N4O8S/c1-24(2)30(20-34(46)32-16-12-13-17-42(32)6)38(48)43(7)33(25(3)4)21-35(51-26(5)45)37-41-31(23-52-37)36(47)40-29(18-27-14-10-9-11-15-27)19-28(22-44)39(49)50-8/h9-11,14-15,23-25,28-30,32-33,35,44H,12-13,16-22H2,1-8H3,(H,40,47)/t28-,29+,30+,32-,33-,35-/m1/s1. The summed E-state index contributed by atoms with van der Waals surface area (Å²) in [5.41, 5.74) is 1.05. The number of esters is 2. The maximum absolute atomic E-state index is 14.1. The minimum Gasteiger partial charge on any atom is -0.469 e. The van der Waals surface area contributed by atoms with E-state index in [0.29, 0.717) is 11.4 Å². The minimum absolute atomic E-state index is 0.0317. The number of ether oxygens (including phenoxy) is 2. The first-order valence-corrected chi connectivity index (χ1v) is 19.2. The van der Waals surface area contributed by atoms with Crippen LogP contribution in [-0.2, 0) is 35.1 Å². The van der Waals surface area contributed by atoms with Crippen LogP contribution < -0.4 is 5.32 Å². The van der Waals surface area contributed by atoms with Crippen LogP contribution in [0.25, 0.3) is 0 Å². The Hall–Kier alpha value is -3.68. The van der Waals surface area contributed by atoms with Crippen LogP contribution in [0.4, 0.5) is 0 Å². The molecule has 3 rings (SSSR count). The fourth-order valence-corrected chi connectivity index (χ4v) is 7.85. The lowest BCUT2D eigenvalue weighted by molar-refractivity contribution is -0.150. The number of amides is 2. The van der Waals surface area contributed by atoms with Gasteiger partial charge in [-0.05, 0) is 56.7 Å². The molecule has 2 amide bonds. The average molecular weight is 743 g/mol. The summed E-state index contributed by atoms with van der Waals surface area (Å²) in [6.07, 6.45) is 3.01. The molecule has 288 valence electrons. The van der Waals surface area contributed by atoms with Gasteiger partial charge in [0.2, 0.25) is 5.91 Å². The molecule has 0 spiro atoms. The number of aliphatic hydroxyl groups is 1. The lowest BCUT2D eigenvalue weighted by atomic mass is 9.84. The first-order valence-electron chi connectivity index (χ1n) is 18.3. The van der Waals surface area contributed by atoms with Crippen LogP contribution in [0.1, 0.15) is 100 Å². The molecule has 1 aromatic carbocycles. The molecule has 2 aromatic rings. The molecule has 2 heterocycles. The SMILES string of the molecule is COC(=O)[C@@H](CO)C[C@H](Cc1ccccc1)NC(=O)c1csc([C@@H](C[C@H](C(C)C)N(C)C(=O)[C@@H](CC(=O)[C@H]2CCCCN2C)C(C)C)OC(C)=O)n1. The summed E-state index contributed by atoms with van der Waals surface area (Å²) >= 11 is 1.18. The van der Waals surface area contributed by atoms with Crippen LogP contribution in [-0.4, -0.2) is 102 Å². The third-order valence-electron chi connectivity index (χ3n) is 10.1. The number of Topliss-reactive ketones (excluding diaryl/α,β-unsaturated/α-hetero) is 1. The Morgan fingerprint density at radius 1 is 1.06 bits per heavy atom. The third-order valence-corrected chi connectivity index (χ3v) is 11.0. The quantitative estimate of drug-likeness (QED) is 0.191. The second kappa shape index (κ2) is 20.5. The number of carbonyl (C=O) groups excluding carboxylic acids is 5. The second-order valence-corrected chi connectivity index (χ2v) is 15.6. The highest BCUT2D eigenvalue weighted by Gasteiger charge is 2.37. The third kappa shape index (κ3) is 12.2. The minimum atomic E-state index is -0.833. The van der Waals surface area contributed by atoms with Crippen molar-refractivity contribution in [1.82, 2.24) is 20.1 Å². The van der Waals surface area contributed by atoms with Gasteiger partial charge < -0.3 is 24.8 Å². The largest absolute Gasteiger partial charge is 0.469 e. The molecule has 0 bridgehead atoms. The van der Waals surface area contributed by atoms with E-state index in [2.05, 4.69) is 15.2 Å². The molecule has 12 nitrogen and oxygen atoms in total. The number of aliphatic hydroxyl groups excluding tert-OH is 1. The predicted molar refractivity (Wildman–Crippen MR) is 199 cm³/mol. The van der Waals surface area contributed by atoms with Crippen molar-refractivity contribution < 1.29 is 38.6 Å². The highest BCUT2D eigenvalue weighted by molar-refractivity contribution is 7.09. The topological polar surface area (TPSA) is 155 Å². The van der Waals surface area contributed by atoms with Crippen LogP contribution in [0.2, 0.25) is 0 Å². The monoisotopic (exact) mass is 742 g/mol. The molecule has 0 aliphatic carbocycles. The van der Waals surface area contributed by atoms with E-state index in [9.17, 15) is 29.1 Å². The van der Waals surface area contributed by atoms with Crippen molar-refractivity contribution in [1.29, 1.82) is 0 Å². The summed E-state index contributed by atoms with van der Waals surface area (Å²) in [5, 5.41) is 14.8. The van der Waals surface area contributed by atoms with Gasteiger partial charge in [-0.25, -0.2) is 4.98 Å². The van der Waals surface area contributed by atoms with Crippen LogP contribution in [0.3, 0.4) is 0 Å². The number of thiazole rings is 1. The zero-order chi connectivity index (χ0) is 38.5. The maximum Gasteiger partial charge on any atom is 0.311 e. The first-order chi connectivity index (χ1) is 24.7. The van der Waals surface area contributed by atoms with E-state index in [-0.39, 0.29) is 60.6 Å². The number of ketones is 1. The Bertz CT molecular complexity index is 1480. The van der Waals surface area contributed by atoms with Crippen molar-refractivity contribution >= 4 is 40.9 Å². The number of likely N-dealkylation sites (tertiary alicyclic amines) is 1. The van der Waals surface area contributed by atoms with Crippen molar-refractivity contribution in [3.8, 4) is 0 Å². The Balaban J connectivity index is 1.81. The van der Waals surface area contributed by atoms with Gasteiger partial charge in [-0.15, -0.1) is 11.3 Å². The second-order valence-electron chi connectivity index (χ2n) is 14.7. The van der Waals surface area contributed by atoms with Gasteiger partial charge in [0.15, 0.2) is 11.9 Å². The van der Waals surface area contributed by atoms with Crippen molar-refractivity contribution in [3.63, 3.8) is 0 Å². The van der Waals surface area contributed by atoms with E-state index in [1.54, 1.807) is 17.3 Å². The number of benzene rings is 1. The molecular formula is C39H58N4O8S. The lowest BCUT2D eigenvalue weighted by Gasteiger charge is -2.37. The first kappa shape index (κ1) is 42.7. The Kier molecular flexibility index (Phi) is 16.9. The number of nitrogens with one attached hydrogen (secondary N) is 1. The highest BCUT2D eigenvalue weighted by atomic mass is 32.1. The van der Waals surface area contributed by atoms with E-state index >= 15 is 0 Å². The summed E-state index contributed by atoms with van der Waals surface area (Å²) in [7, 11) is 4.97. The van der Waals surface area contributed by atoms with Crippen LogP contribution in [0.15, 0.2) is 35.7 Å². The zero-order valence-corrected chi connectivity index (χ0v) is 32.8. The lowest BCUT2D eigenvalue weighted by Crippen LogP contribution is -2.48. The van der Waals surface area contributed by atoms with Crippen molar-refractivity contribution in [3.05, 3.63) is 52.0 Å². The zero-order valence-electron chi connectivity index (χ0n) is 32.0. The summed E-state index contributed by atoms with van der Waals surface area (Å²) in [6, 6.07) is 8.43. The van der Waals surface area contributed by atoms with Gasteiger partial charge in [-0.2, -0.15) is 0 Å². The molecule has 1 aliphatic rings. The van der Waals surface area contributed by atoms with E-state index in [4.69, 9.17) is 9.47 Å². The van der Waals surface area contributed by atoms with Crippen LogP contribution in [0, 0.1) is 23.7 Å². The Labute approximate surface area is 312 Å². The summed E-state index contributed by atoms with van der Waals surface area (Å²) in [4.78, 5) is 74.1. The molecule has 1 aliphatic heterocycles. The molecule has 2 N–H and O–H groups in total. The number of likely N-dealkylation sites (N-methyl/N-ethyl adjacent to an activating group) is 1. The number of rotatable bonds is 19. The van der Waals surface area contributed by atoms with Crippen molar-refractivity contribution in [2.24, 2.45) is 23.7 Å². The molecule has 0 saturated carbocycles. The molecule has 1 fully saturated rings. The summed E-state index contributed by atoms with van der Waals surface area (Å²) in [6.45, 7) is 9.67. The van der Waals surface area contributed by atoms with Gasteiger partial charge in [-0.1, -0.05) is 64.4 Å². The smallest absolute Gasteiger partial charge is 0.311 e. The number of methoxy groups -OCH3 is 1. The van der Waals surface area contributed by atoms with Gasteiger partial charge in [0.25, 0.3) is 5.91 Å². The summed E-state index contributed by atoms with van der Waals surface area (Å²) in [5.74, 6) is -3.01. The van der Waals surface area contributed by atoms with Gasteiger partial charge >= 0.3 is 11.9 Å². The maximum atomic E-state index is 14.1. The fourth-order valence-electron chi connectivity index (χ4n) is 7.01. The Morgan fingerprint density at radius 2 is 1.75 bits per heavy atom. The van der Waals surface area contributed by atoms with Gasteiger partial charge in [0.05, 0.1) is 25.7 Å². The van der Waals surface area contributed by atoms with E-state index in [1.165, 1.54) is 25.4 Å². The molecule has 1 aromatic heterocycles. The molecule has 1 saturated heterocycles. The molecule has 0 radical (unpaired) electrons. The number of hydrogen-bond acceptors (Lipinski definition) is 11. The molecule has 6 atom stereocenters. The average Bonchev–Trinajstić information content (AvgIpc) is 3.61. The fraction of sp³-hybridized carbons (Fsp3) is 0.641. The number of piperidine rings is 1. The molecule has 13 heteroatoms. The van der Waals surface area contributed by atoms with Gasteiger partial charge in [0, 0.05) is 50.2 Å². The Morgan fingerprint density at radius 3 is 2.33 bits per heavy atom. The van der Waals surface area contributed by atoms with E-state index in [0.717, 1.165) is 31.4 Å². The number of nitrogens with zero attached hydrogens (tertiary/aromatic N) is 3. The molecule has 0 unspecified atom stereocenters. The van der Waals surface area contributed by atoms with E-state index in [1.807, 2.05) is 65.1 Å². The highest BCUT2D eigenvalue weighted by Crippen LogP contribution is 2.32. The number of hydrogen-bond donors (Lipinski definition) is 2. The van der Waals surface area contributed by atoms with Gasteiger partial charge in [-0.3, -0.25) is 28.9 Å². The molecule has 52 heavy (non-hydrogen) atoms. The van der Waals surface area contributed by atoms with Crippen LogP contribution >= 0.6 is 11.3 Å². The summed E-state index contributed by atoms with van der Waals surface area (Å²) < 4.78 is 10.6. The number of aromatic nitrogens is 1.